The Morgan fingerprint density at radius 2 is 1.86 bits per heavy atom. The van der Waals surface area contributed by atoms with Gasteiger partial charge in [0.25, 0.3) is 0 Å². The van der Waals surface area contributed by atoms with Gasteiger partial charge < -0.3 is 10.4 Å². The third-order valence-electron chi connectivity index (χ3n) is 3.68. The molecular weight excluding hydrogens is 260 g/mol. The highest BCUT2D eigenvalue weighted by Crippen LogP contribution is 2.31. The van der Waals surface area contributed by atoms with E-state index < -0.39 is 0 Å². The lowest BCUT2D eigenvalue weighted by atomic mass is 10.0. The second kappa shape index (κ2) is 5.83. The average molecular weight is 278 g/mol. The number of fused-ring (bicyclic) bond motifs is 1. The van der Waals surface area contributed by atoms with Crippen LogP contribution in [0.25, 0.3) is 10.9 Å². The summed E-state index contributed by atoms with van der Waals surface area (Å²) in [6.45, 7) is 2.10. The molecule has 2 aromatic carbocycles. The van der Waals surface area contributed by atoms with Gasteiger partial charge >= 0.3 is 0 Å². The summed E-state index contributed by atoms with van der Waals surface area (Å²) in [4.78, 5) is 4.46. The third kappa shape index (κ3) is 2.68. The van der Waals surface area contributed by atoms with E-state index in [0.29, 0.717) is 5.75 Å². The zero-order valence-corrected chi connectivity index (χ0v) is 12.0. The molecule has 0 aliphatic carbocycles. The van der Waals surface area contributed by atoms with Crippen molar-refractivity contribution in [3.8, 4) is 5.75 Å². The Hall–Kier alpha value is -2.55. The van der Waals surface area contributed by atoms with Crippen LogP contribution in [0.4, 0.5) is 5.69 Å². The number of para-hydroxylation sites is 2. The van der Waals surface area contributed by atoms with Crippen LogP contribution in [0.2, 0.25) is 0 Å². The molecule has 0 saturated heterocycles. The maximum atomic E-state index is 10.0. The van der Waals surface area contributed by atoms with Crippen LogP contribution in [-0.2, 0) is 0 Å². The van der Waals surface area contributed by atoms with Crippen molar-refractivity contribution in [2.45, 2.75) is 19.4 Å². The van der Waals surface area contributed by atoms with Crippen molar-refractivity contribution in [3.05, 3.63) is 66.4 Å². The fraction of sp³-hybridized carbons (Fsp3) is 0.167. The van der Waals surface area contributed by atoms with Crippen LogP contribution >= 0.6 is 0 Å². The Morgan fingerprint density at radius 1 is 1.05 bits per heavy atom. The molecule has 0 aliphatic heterocycles. The van der Waals surface area contributed by atoms with Crippen LogP contribution in [-0.4, -0.2) is 10.1 Å². The van der Waals surface area contributed by atoms with E-state index in [1.807, 2.05) is 36.4 Å². The SMILES string of the molecule is CCC(Nc1cccc2cccnc12)c1ccccc1O. The molecule has 0 saturated carbocycles. The monoisotopic (exact) mass is 278 g/mol. The highest BCUT2D eigenvalue weighted by atomic mass is 16.3. The van der Waals surface area contributed by atoms with Crippen molar-refractivity contribution in [1.82, 2.24) is 4.98 Å². The van der Waals surface area contributed by atoms with E-state index in [9.17, 15) is 5.11 Å². The molecule has 3 aromatic rings. The fourth-order valence-electron chi connectivity index (χ4n) is 2.59. The molecule has 1 heterocycles. The zero-order chi connectivity index (χ0) is 14.7. The van der Waals surface area contributed by atoms with Crippen molar-refractivity contribution in [2.75, 3.05) is 5.32 Å². The van der Waals surface area contributed by atoms with E-state index in [4.69, 9.17) is 0 Å². The fourth-order valence-corrected chi connectivity index (χ4v) is 2.59. The smallest absolute Gasteiger partial charge is 0.120 e. The first-order chi connectivity index (χ1) is 10.3. The summed E-state index contributed by atoms with van der Waals surface area (Å²) in [7, 11) is 0. The predicted molar refractivity (Wildman–Crippen MR) is 86.5 cm³/mol. The van der Waals surface area contributed by atoms with Gasteiger partial charge in [-0.1, -0.05) is 43.3 Å². The molecule has 106 valence electrons. The third-order valence-corrected chi connectivity index (χ3v) is 3.68. The first-order valence-corrected chi connectivity index (χ1v) is 7.17. The molecule has 3 nitrogen and oxygen atoms in total. The van der Waals surface area contributed by atoms with Gasteiger partial charge in [-0.25, -0.2) is 0 Å². The summed E-state index contributed by atoms with van der Waals surface area (Å²) in [5.41, 5.74) is 2.85. The molecule has 0 radical (unpaired) electrons. The van der Waals surface area contributed by atoms with Crippen LogP contribution in [0.3, 0.4) is 0 Å². The topological polar surface area (TPSA) is 45.2 Å². The Morgan fingerprint density at radius 3 is 2.67 bits per heavy atom. The minimum atomic E-state index is 0.0545. The molecule has 0 aliphatic rings. The van der Waals surface area contributed by atoms with Crippen LogP contribution < -0.4 is 5.32 Å². The maximum Gasteiger partial charge on any atom is 0.120 e. The Bertz CT molecular complexity index is 750. The summed E-state index contributed by atoms with van der Waals surface area (Å²) in [6.07, 6.45) is 2.68. The number of nitrogens with one attached hydrogen (secondary N) is 1. The van der Waals surface area contributed by atoms with Crippen molar-refractivity contribution >= 4 is 16.6 Å². The number of phenolic OH excluding ortho intramolecular Hbond substituents is 1. The normalized spacial score (nSPS) is 12.2. The lowest BCUT2D eigenvalue weighted by molar-refractivity contribution is 0.463. The number of rotatable bonds is 4. The number of anilines is 1. The van der Waals surface area contributed by atoms with Crippen molar-refractivity contribution in [1.29, 1.82) is 0 Å². The number of hydrogen-bond donors (Lipinski definition) is 2. The second-order valence-electron chi connectivity index (χ2n) is 5.04. The molecule has 2 N–H and O–H groups in total. The van der Waals surface area contributed by atoms with Gasteiger partial charge in [0.15, 0.2) is 0 Å². The van der Waals surface area contributed by atoms with Gasteiger partial charge in [-0.05, 0) is 24.6 Å². The molecule has 0 spiro atoms. The predicted octanol–water partition coefficient (Wildman–Crippen LogP) is 4.50. The quantitative estimate of drug-likeness (QED) is 0.738. The summed E-state index contributed by atoms with van der Waals surface area (Å²) < 4.78 is 0. The number of aromatic hydroxyl groups is 1. The molecule has 1 aromatic heterocycles. The van der Waals surface area contributed by atoms with Gasteiger partial charge in [-0.3, -0.25) is 4.98 Å². The lowest BCUT2D eigenvalue weighted by Crippen LogP contribution is -2.10. The van der Waals surface area contributed by atoms with E-state index in [2.05, 4.69) is 29.4 Å². The highest BCUT2D eigenvalue weighted by Gasteiger charge is 2.14. The number of pyridine rings is 1. The summed E-state index contributed by atoms with van der Waals surface area (Å²) in [5, 5.41) is 14.7. The maximum absolute atomic E-state index is 10.0. The number of hydrogen-bond acceptors (Lipinski definition) is 3. The number of phenols is 1. The molecular formula is C18H18N2O. The molecule has 0 fully saturated rings. The van der Waals surface area contributed by atoms with E-state index in [1.54, 1.807) is 12.3 Å². The molecule has 1 atom stereocenters. The van der Waals surface area contributed by atoms with E-state index in [-0.39, 0.29) is 6.04 Å². The van der Waals surface area contributed by atoms with Gasteiger partial charge in [0.1, 0.15) is 5.75 Å². The highest BCUT2D eigenvalue weighted by molar-refractivity contribution is 5.90. The first-order valence-electron chi connectivity index (χ1n) is 7.17. The van der Waals surface area contributed by atoms with Gasteiger partial charge in [-0.15, -0.1) is 0 Å². The summed E-state index contributed by atoms with van der Waals surface area (Å²) >= 11 is 0. The summed E-state index contributed by atoms with van der Waals surface area (Å²) in [6, 6.07) is 17.6. The van der Waals surface area contributed by atoms with Crippen molar-refractivity contribution in [2.24, 2.45) is 0 Å². The second-order valence-corrected chi connectivity index (χ2v) is 5.04. The van der Waals surface area contributed by atoms with Gasteiger partial charge in [0.05, 0.1) is 17.2 Å². The van der Waals surface area contributed by atoms with Crippen LogP contribution in [0.5, 0.6) is 5.75 Å². The van der Waals surface area contributed by atoms with Gasteiger partial charge in [0, 0.05) is 17.1 Å². The standard InChI is InChI=1S/C18H18N2O/c1-2-15(14-9-3-4-11-17(14)21)20-16-10-5-7-13-8-6-12-19-18(13)16/h3-12,15,20-21H,2H2,1H3. The Labute approximate surface area is 124 Å². The van der Waals surface area contributed by atoms with Gasteiger partial charge in [-0.2, -0.15) is 0 Å². The average Bonchev–Trinajstić information content (AvgIpc) is 2.53. The lowest BCUT2D eigenvalue weighted by Gasteiger charge is -2.20. The molecule has 3 heteroatoms. The van der Waals surface area contributed by atoms with Crippen molar-refractivity contribution < 1.29 is 5.11 Å². The zero-order valence-electron chi connectivity index (χ0n) is 12.0. The van der Waals surface area contributed by atoms with Crippen LogP contribution in [0, 0.1) is 0 Å². The molecule has 21 heavy (non-hydrogen) atoms. The Balaban J connectivity index is 1.98. The molecule has 0 amide bonds. The number of benzene rings is 2. The first kappa shape index (κ1) is 13.4. The van der Waals surface area contributed by atoms with E-state index >= 15 is 0 Å². The van der Waals surface area contributed by atoms with Crippen molar-refractivity contribution in [3.63, 3.8) is 0 Å². The molecule has 3 rings (SSSR count). The van der Waals surface area contributed by atoms with Crippen LogP contribution in [0.1, 0.15) is 24.9 Å². The number of nitrogens with zero attached hydrogens (tertiary/aromatic N) is 1. The van der Waals surface area contributed by atoms with Crippen LogP contribution in [0.15, 0.2) is 60.8 Å². The number of aromatic nitrogens is 1. The molecule has 1 unspecified atom stereocenters. The van der Waals surface area contributed by atoms with Gasteiger partial charge in [0.2, 0.25) is 0 Å². The van der Waals surface area contributed by atoms with E-state index in [0.717, 1.165) is 28.6 Å². The minimum Gasteiger partial charge on any atom is -0.508 e. The summed E-state index contributed by atoms with van der Waals surface area (Å²) in [5.74, 6) is 0.324. The largest absolute Gasteiger partial charge is 0.508 e. The molecule has 0 bridgehead atoms. The van der Waals surface area contributed by atoms with E-state index in [1.165, 1.54) is 0 Å². The Kier molecular flexibility index (Phi) is 3.73. The minimum absolute atomic E-state index is 0.0545.